The van der Waals surface area contributed by atoms with Crippen LogP contribution in [0.15, 0.2) is 55.5 Å². The summed E-state index contributed by atoms with van der Waals surface area (Å²) in [5.74, 6) is -0.520. The van der Waals surface area contributed by atoms with Crippen molar-refractivity contribution in [2.75, 3.05) is 0 Å². The first kappa shape index (κ1) is 18.1. The Bertz CT molecular complexity index is 1410. The van der Waals surface area contributed by atoms with E-state index >= 15 is 0 Å². The number of aryl methyl sites for hydroxylation is 1. The lowest BCUT2D eigenvalue weighted by atomic mass is 10.2. The van der Waals surface area contributed by atoms with Crippen LogP contribution in [0.25, 0.3) is 34.1 Å². The van der Waals surface area contributed by atoms with Crippen LogP contribution in [-0.2, 0) is 6.54 Å². The number of halogens is 2. The van der Waals surface area contributed by atoms with Gasteiger partial charge in [0.25, 0.3) is 0 Å². The molecule has 1 aromatic carbocycles. The zero-order valence-corrected chi connectivity index (χ0v) is 16.0. The predicted molar refractivity (Wildman–Crippen MR) is 110 cm³/mol. The zero-order valence-electron chi connectivity index (χ0n) is 16.0. The molecule has 6 nitrogen and oxygen atoms in total. The first-order valence-corrected chi connectivity index (χ1v) is 9.26. The van der Waals surface area contributed by atoms with E-state index in [-0.39, 0.29) is 6.54 Å². The molecule has 0 bridgehead atoms. The van der Waals surface area contributed by atoms with Gasteiger partial charge in [0.1, 0.15) is 23.0 Å². The summed E-state index contributed by atoms with van der Waals surface area (Å²) in [6.07, 6.45) is 6.89. The Morgan fingerprint density at radius 3 is 2.60 bits per heavy atom. The minimum atomic E-state index is -0.610. The molecular formula is C22H16F2N6. The van der Waals surface area contributed by atoms with Crippen molar-refractivity contribution in [1.29, 1.82) is 0 Å². The molecule has 0 saturated heterocycles. The van der Waals surface area contributed by atoms with Gasteiger partial charge in [-0.3, -0.25) is 9.55 Å². The largest absolute Gasteiger partial charge is 0.322 e. The lowest BCUT2D eigenvalue weighted by Crippen LogP contribution is -2.04. The first-order valence-electron chi connectivity index (χ1n) is 9.26. The van der Waals surface area contributed by atoms with Crippen LogP contribution in [-0.4, -0.2) is 29.1 Å². The van der Waals surface area contributed by atoms with Crippen molar-refractivity contribution >= 4 is 28.4 Å². The average Bonchev–Trinajstić information content (AvgIpc) is 3.27. The standard InChI is InChI=1S/C22H16F2N6/c1-3-17-10-25-19-4-5-29(22(19)28-17)18-9-20-21(26-11-18)27-13(2)30(20)12-14-6-15(23)8-16(24)7-14/h3-11H,1,12H2,2H3. The number of rotatable bonds is 4. The van der Waals surface area contributed by atoms with Crippen molar-refractivity contribution in [3.8, 4) is 5.69 Å². The van der Waals surface area contributed by atoms with Gasteiger partial charge < -0.3 is 4.57 Å². The number of nitrogens with zero attached hydrogens (tertiary/aromatic N) is 6. The predicted octanol–water partition coefficient (Wildman–Crippen LogP) is 4.44. The molecule has 0 aliphatic carbocycles. The highest BCUT2D eigenvalue weighted by atomic mass is 19.1. The molecule has 0 aliphatic heterocycles. The van der Waals surface area contributed by atoms with Crippen molar-refractivity contribution < 1.29 is 8.78 Å². The first-order chi connectivity index (χ1) is 14.5. The van der Waals surface area contributed by atoms with Gasteiger partial charge in [0, 0.05) is 18.8 Å². The van der Waals surface area contributed by atoms with Gasteiger partial charge in [-0.15, -0.1) is 0 Å². The highest BCUT2D eigenvalue weighted by molar-refractivity contribution is 5.78. The van der Waals surface area contributed by atoms with Crippen LogP contribution < -0.4 is 0 Å². The second-order valence-electron chi connectivity index (χ2n) is 6.95. The van der Waals surface area contributed by atoms with Gasteiger partial charge >= 0.3 is 0 Å². The Balaban J connectivity index is 1.64. The number of benzene rings is 1. The molecule has 0 aliphatic rings. The van der Waals surface area contributed by atoms with E-state index < -0.39 is 11.6 Å². The van der Waals surface area contributed by atoms with Crippen molar-refractivity contribution in [3.05, 3.63) is 84.2 Å². The SMILES string of the molecule is C=Cc1cnc2ccn(-c3cnc4nc(C)n(Cc5cc(F)cc(F)c5)c4c3)c2n1. The third-order valence-corrected chi connectivity index (χ3v) is 4.94. The van der Waals surface area contributed by atoms with E-state index in [1.54, 1.807) is 18.5 Å². The van der Waals surface area contributed by atoms with Gasteiger partial charge in [-0.25, -0.2) is 23.7 Å². The van der Waals surface area contributed by atoms with E-state index in [4.69, 9.17) is 0 Å². The summed E-state index contributed by atoms with van der Waals surface area (Å²) in [6.45, 7) is 5.85. The van der Waals surface area contributed by atoms with Crippen LogP contribution in [0.1, 0.15) is 17.1 Å². The molecule has 0 amide bonds. The fourth-order valence-electron chi connectivity index (χ4n) is 3.54. The quantitative estimate of drug-likeness (QED) is 0.446. The van der Waals surface area contributed by atoms with E-state index in [2.05, 4.69) is 26.5 Å². The molecule has 5 rings (SSSR count). The maximum Gasteiger partial charge on any atom is 0.178 e. The van der Waals surface area contributed by atoms with Crippen LogP contribution in [0.4, 0.5) is 8.78 Å². The highest BCUT2D eigenvalue weighted by Gasteiger charge is 2.13. The Kier molecular flexibility index (Phi) is 4.13. The molecule has 30 heavy (non-hydrogen) atoms. The van der Waals surface area contributed by atoms with Crippen molar-refractivity contribution in [1.82, 2.24) is 29.1 Å². The van der Waals surface area contributed by atoms with E-state index in [0.717, 1.165) is 22.8 Å². The van der Waals surface area contributed by atoms with E-state index in [1.165, 1.54) is 12.1 Å². The zero-order chi connectivity index (χ0) is 20.8. The number of aromatic nitrogens is 6. The summed E-state index contributed by atoms with van der Waals surface area (Å²) in [5.41, 5.74) is 4.70. The molecule has 0 radical (unpaired) electrons. The van der Waals surface area contributed by atoms with Gasteiger partial charge in [0.05, 0.1) is 29.3 Å². The molecule has 0 fully saturated rings. The number of imidazole rings is 1. The normalized spacial score (nSPS) is 11.4. The topological polar surface area (TPSA) is 61.4 Å². The summed E-state index contributed by atoms with van der Waals surface area (Å²) in [5, 5.41) is 0. The molecule has 0 unspecified atom stereocenters. The van der Waals surface area contributed by atoms with Gasteiger partial charge in [-0.2, -0.15) is 0 Å². The summed E-state index contributed by atoms with van der Waals surface area (Å²) < 4.78 is 31.0. The molecule has 148 valence electrons. The second-order valence-corrected chi connectivity index (χ2v) is 6.95. The van der Waals surface area contributed by atoms with Crippen LogP contribution in [0.3, 0.4) is 0 Å². The van der Waals surface area contributed by atoms with Gasteiger partial charge in [0.2, 0.25) is 0 Å². The lowest BCUT2D eigenvalue weighted by molar-refractivity contribution is 0.577. The number of pyridine rings is 1. The lowest BCUT2D eigenvalue weighted by Gasteiger charge is -2.09. The van der Waals surface area contributed by atoms with E-state index in [9.17, 15) is 8.78 Å². The van der Waals surface area contributed by atoms with Crippen LogP contribution in [0.2, 0.25) is 0 Å². The van der Waals surface area contributed by atoms with E-state index in [0.29, 0.717) is 28.4 Å². The van der Waals surface area contributed by atoms with Crippen molar-refractivity contribution in [3.63, 3.8) is 0 Å². The maximum absolute atomic E-state index is 13.6. The Morgan fingerprint density at radius 2 is 1.83 bits per heavy atom. The summed E-state index contributed by atoms with van der Waals surface area (Å²) in [4.78, 5) is 17.9. The monoisotopic (exact) mass is 402 g/mol. The highest BCUT2D eigenvalue weighted by Crippen LogP contribution is 2.23. The second kappa shape index (κ2) is 6.84. The van der Waals surface area contributed by atoms with Crippen LogP contribution in [0, 0.1) is 18.6 Å². The smallest absolute Gasteiger partial charge is 0.178 e. The average molecular weight is 402 g/mol. The van der Waals surface area contributed by atoms with Gasteiger partial charge in [0.15, 0.2) is 11.3 Å². The third-order valence-electron chi connectivity index (χ3n) is 4.94. The third kappa shape index (κ3) is 3.02. The Hall–Kier alpha value is -3.94. The summed E-state index contributed by atoms with van der Waals surface area (Å²) in [7, 11) is 0. The maximum atomic E-state index is 13.6. The molecule has 4 heterocycles. The minimum Gasteiger partial charge on any atom is -0.322 e. The molecule has 0 saturated carbocycles. The molecule has 8 heteroatoms. The van der Waals surface area contributed by atoms with Gasteiger partial charge in [-0.1, -0.05) is 6.58 Å². The minimum absolute atomic E-state index is 0.273. The summed E-state index contributed by atoms with van der Waals surface area (Å²) in [6, 6.07) is 7.30. The molecular weight excluding hydrogens is 386 g/mol. The van der Waals surface area contributed by atoms with Crippen LogP contribution in [0.5, 0.6) is 0 Å². The molecule has 5 aromatic rings. The number of hydrogen-bond donors (Lipinski definition) is 0. The molecule has 0 N–H and O–H groups in total. The molecule has 4 aromatic heterocycles. The Labute approximate surface area is 170 Å². The number of fused-ring (bicyclic) bond motifs is 2. The van der Waals surface area contributed by atoms with E-state index in [1.807, 2.05) is 34.4 Å². The fourth-order valence-corrected chi connectivity index (χ4v) is 3.54. The number of hydrogen-bond acceptors (Lipinski definition) is 4. The molecule has 0 atom stereocenters. The Morgan fingerprint density at radius 1 is 1.03 bits per heavy atom. The van der Waals surface area contributed by atoms with Crippen molar-refractivity contribution in [2.45, 2.75) is 13.5 Å². The summed E-state index contributed by atoms with van der Waals surface area (Å²) >= 11 is 0. The van der Waals surface area contributed by atoms with Crippen molar-refractivity contribution in [2.24, 2.45) is 0 Å². The fraction of sp³-hybridized carbons (Fsp3) is 0.0909. The molecule has 0 spiro atoms. The van der Waals surface area contributed by atoms with Crippen LogP contribution >= 0.6 is 0 Å². The van der Waals surface area contributed by atoms with Gasteiger partial charge in [-0.05, 0) is 42.8 Å².